The van der Waals surface area contributed by atoms with Crippen LogP contribution in [0.25, 0.3) is 0 Å². The molecule has 0 aliphatic heterocycles. The number of aliphatic hydroxyl groups is 3. The molecule has 0 saturated carbocycles. The van der Waals surface area contributed by atoms with Crippen LogP contribution >= 0.6 is 0 Å². The van der Waals surface area contributed by atoms with Crippen LogP contribution in [0.15, 0.2) is 36.5 Å². The van der Waals surface area contributed by atoms with Crippen LogP contribution in [0.3, 0.4) is 0 Å². The molecular weight excluding hydrogens is 570 g/mol. The second-order valence-electron chi connectivity index (χ2n) is 13.5. The molecule has 0 rings (SSSR count). The highest BCUT2D eigenvalue weighted by Gasteiger charge is 2.22. The summed E-state index contributed by atoms with van der Waals surface area (Å²) < 4.78 is 0. The number of rotatable bonds is 35. The molecule has 0 radical (unpaired) electrons. The number of allylic oxidation sites excluding steroid dienone is 5. The topological polar surface area (TPSA) is 89.8 Å². The Labute approximate surface area is 285 Å². The number of carbonyl (C=O) groups excluding carboxylic acids is 1. The van der Waals surface area contributed by atoms with Crippen LogP contribution in [0.5, 0.6) is 0 Å². The molecule has 0 fully saturated rings. The van der Waals surface area contributed by atoms with Crippen molar-refractivity contribution in [2.24, 2.45) is 0 Å². The molecule has 5 nitrogen and oxygen atoms in total. The Morgan fingerprint density at radius 3 is 1.33 bits per heavy atom. The van der Waals surface area contributed by atoms with E-state index in [0.29, 0.717) is 6.42 Å². The van der Waals surface area contributed by atoms with Gasteiger partial charge in [-0.3, -0.25) is 4.79 Å². The lowest BCUT2D eigenvalue weighted by molar-refractivity contribution is -0.131. The van der Waals surface area contributed by atoms with E-state index >= 15 is 0 Å². The molecule has 0 spiro atoms. The Hall–Kier alpha value is -1.43. The summed E-state index contributed by atoms with van der Waals surface area (Å²) in [6.45, 7) is 4.15. The SMILES string of the molecule is CCCCCCCC/C=C/CC/C=C/CC/C=C/C(O)C(CO)NC(=O)C(O)CCCCCCCCCCCCCCCCCC. The number of hydrogen-bond acceptors (Lipinski definition) is 4. The van der Waals surface area contributed by atoms with Crippen molar-refractivity contribution in [1.29, 1.82) is 0 Å². The van der Waals surface area contributed by atoms with Gasteiger partial charge in [-0.1, -0.05) is 185 Å². The molecule has 0 bridgehead atoms. The molecule has 0 aliphatic rings. The molecule has 3 unspecified atom stereocenters. The van der Waals surface area contributed by atoms with Crippen molar-refractivity contribution >= 4 is 5.91 Å². The highest BCUT2D eigenvalue weighted by Crippen LogP contribution is 2.15. The zero-order valence-electron chi connectivity index (χ0n) is 30.5. The van der Waals surface area contributed by atoms with Gasteiger partial charge in [-0.25, -0.2) is 0 Å². The molecule has 0 saturated heterocycles. The maximum atomic E-state index is 12.4. The summed E-state index contributed by atoms with van der Waals surface area (Å²) in [4.78, 5) is 12.4. The standard InChI is InChI=1S/C41H77NO4/c1-3-5-7-9-11-13-15-17-19-21-23-25-27-29-31-33-35-39(44)38(37-43)42-41(46)40(45)36-34-32-30-28-26-24-22-20-18-16-14-12-10-8-6-4-2/h17,19,25,27,33,35,38-40,43-45H,3-16,18,20-24,26,28-32,34,36-37H2,1-2H3,(H,42,46)/b19-17+,27-25+,35-33+. The van der Waals surface area contributed by atoms with Crippen LogP contribution in [0.2, 0.25) is 0 Å². The minimum absolute atomic E-state index is 0.380. The fraction of sp³-hybridized carbons (Fsp3) is 0.829. The van der Waals surface area contributed by atoms with Crippen molar-refractivity contribution in [3.05, 3.63) is 36.5 Å². The van der Waals surface area contributed by atoms with E-state index in [0.717, 1.165) is 44.9 Å². The van der Waals surface area contributed by atoms with Gasteiger partial charge in [0.25, 0.3) is 0 Å². The summed E-state index contributed by atoms with van der Waals surface area (Å²) in [5.74, 6) is -0.517. The smallest absolute Gasteiger partial charge is 0.249 e. The number of hydrogen-bond donors (Lipinski definition) is 4. The van der Waals surface area contributed by atoms with Gasteiger partial charge in [-0.2, -0.15) is 0 Å². The molecule has 0 aromatic heterocycles. The molecular formula is C41H77NO4. The first-order valence-corrected chi connectivity index (χ1v) is 19.8. The van der Waals surface area contributed by atoms with E-state index in [1.807, 2.05) is 6.08 Å². The minimum atomic E-state index is -1.10. The van der Waals surface area contributed by atoms with Gasteiger partial charge in [0.2, 0.25) is 5.91 Å². The lowest BCUT2D eigenvalue weighted by atomic mass is 10.0. The molecule has 0 aromatic carbocycles. The van der Waals surface area contributed by atoms with Gasteiger partial charge in [0, 0.05) is 0 Å². The highest BCUT2D eigenvalue weighted by molar-refractivity contribution is 5.80. The maximum absolute atomic E-state index is 12.4. The Morgan fingerprint density at radius 1 is 0.522 bits per heavy atom. The number of nitrogens with one attached hydrogen (secondary N) is 1. The zero-order chi connectivity index (χ0) is 33.8. The van der Waals surface area contributed by atoms with Crippen molar-refractivity contribution in [3.8, 4) is 0 Å². The molecule has 0 aromatic rings. The van der Waals surface area contributed by atoms with E-state index in [1.54, 1.807) is 6.08 Å². The van der Waals surface area contributed by atoms with Crippen LogP contribution in [0, 0.1) is 0 Å². The van der Waals surface area contributed by atoms with Crippen LogP contribution in [-0.4, -0.2) is 46.1 Å². The fourth-order valence-corrected chi connectivity index (χ4v) is 5.80. The zero-order valence-corrected chi connectivity index (χ0v) is 30.5. The van der Waals surface area contributed by atoms with Gasteiger partial charge in [0.15, 0.2) is 0 Å². The van der Waals surface area contributed by atoms with Crippen molar-refractivity contribution in [2.45, 2.75) is 212 Å². The first-order valence-electron chi connectivity index (χ1n) is 19.8. The maximum Gasteiger partial charge on any atom is 0.249 e. The summed E-state index contributed by atoms with van der Waals surface area (Å²) >= 11 is 0. The summed E-state index contributed by atoms with van der Waals surface area (Å²) in [5.41, 5.74) is 0. The summed E-state index contributed by atoms with van der Waals surface area (Å²) in [6.07, 6.45) is 44.5. The van der Waals surface area contributed by atoms with E-state index in [-0.39, 0.29) is 6.61 Å². The van der Waals surface area contributed by atoms with Crippen molar-refractivity contribution in [3.63, 3.8) is 0 Å². The second-order valence-corrected chi connectivity index (χ2v) is 13.5. The molecule has 0 heterocycles. The lowest BCUT2D eigenvalue weighted by Crippen LogP contribution is -2.48. The predicted molar refractivity (Wildman–Crippen MR) is 199 cm³/mol. The molecule has 5 heteroatoms. The molecule has 3 atom stereocenters. The predicted octanol–water partition coefficient (Wildman–Crippen LogP) is 10.8. The van der Waals surface area contributed by atoms with Crippen LogP contribution < -0.4 is 5.32 Å². The monoisotopic (exact) mass is 648 g/mol. The average Bonchev–Trinajstić information content (AvgIpc) is 3.06. The molecule has 4 N–H and O–H groups in total. The molecule has 46 heavy (non-hydrogen) atoms. The number of carbonyl (C=O) groups is 1. The Morgan fingerprint density at radius 2 is 0.891 bits per heavy atom. The quantitative estimate of drug-likeness (QED) is 0.0407. The first kappa shape index (κ1) is 44.6. The van der Waals surface area contributed by atoms with Crippen molar-refractivity contribution in [1.82, 2.24) is 5.32 Å². The Bertz CT molecular complexity index is 719. The van der Waals surface area contributed by atoms with Gasteiger partial charge in [0.1, 0.15) is 6.10 Å². The largest absolute Gasteiger partial charge is 0.394 e. The third-order valence-corrected chi connectivity index (χ3v) is 8.96. The van der Waals surface area contributed by atoms with E-state index in [4.69, 9.17) is 0 Å². The van der Waals surface area contributed by atoms with Gasteiger partial charge in [-0.15, -0.1) is 0 Å². The lowest BCUT2D eigenvalue weighted by Gasteiger charge is -2.21. The van der Waals surface area contributed by atoms with Crippen molar-refractivity contribution < 1.29 is 20.1 Å². The molecule has 1 amide bonds. The van der Waals surface area contributed by atoms with E-state index < -0.39 is 24.2 Å². The van der Waals surface area contributed by atoms with Gasteiger partial charge >= 0.3 is 0 Å². The molecule has 270 valence electrons. The van der Waals surface area contributed by atoms with Crippen LogP contribution in [-0.2, 0) is 4.79 Å². The number of aliphatic hydroxyl groups excluding tert-OH is 3. The van der Waals surface area contributed by atoms with Crippen LogP contribution in [0.1, 0.15) is 194 Å². The van der Waals surface area contributed by atoms with Gasteiger partial charge in [0.05, 0.1) is 18.8 Å². The fourth-order valence-electron chi connectivity index (χ4n) is 5.80. The molecule has 0 aliphatic carbocycles. The summed E-state index contributed by atoms with van der Waals surface area (Å²) in [6, 6.07) is -0.817. The van der Waals surface area contributed by atoms with Crippen molar-refractivity contribution in [2.75, 3.05) is 6.61 Å². The van der Waals surface area contributed by atoms with E-state index in [2.05, 4.69) is 43.5 Å². The van der Waals surface area contributed by atoms with Gasteiger partial charge < -0.3 is 20.6 Å². The Balaban J connectivity index is 3.78. The second kappa shape index (κ2) is 36.4. The average molecular weight is 648 g/mol. The van der Waals surface area contributed by atoms with E-state index in [9.17, 15) is 20.1 Å². The summed E-state index contributed by atoms with van der Waals surface area (Å²) in [7, 11) is 0. The van der Waals surface area contributed by atoms with Crippen LogP contribution in [0.4, 0.5) is 0 Å². The normalized spacial score (nSPS) is 14.1. The first-order chi connectivity index (χ1) is 22.6. The van der Waals surface area contributed by atoms with E-state index in [1.165, 1.54) is 128 Å². The third-order valence-electron chi connectivity index (χ3n) is 8.96. The minimum Gasteiger partial charge on any atom is -0.394 e. The third kappa shape index (κ3) is 31.2. The number of amides is 1. The number of unbranched alkanes of at least 4 members (excludes halogenated alkanes) is 23. The summed E-state index contributed by atoms with van der Waals surface area (Å²) in [5, 5.41) is 33.0. The highest BCUT2D eigenvalue weighted by atomic mass is 16.3. The van der Waals surface area contributed by atoms with Gasteiger partial charge in [-0.05, 0) is 44.9 Å². The Kier molecular flexibility index (Phi) is 35.3.